The van der Waals surface area contributed by atoms with Crippen molar-refractivity contribution in [2.75, 3.05) is 12.2 Å². The number of amidine groups is 1. The van der Waals surface area contributed by atoms with Gasteiger partial charge in [-0.05, 0) is 36.4 Å². The molecule has 1 N–H and O–H groups in total. The van der Waals surface area contributed by atoms with Crippen LogP contribution in [0.4, 0.5) is 5.69 Å². The molecule has 0 amide bonds. The minimum Gasteiger partial charge on any atom is -0.497 e. The number of sulfonamides is 1. The van der Waals surface area contributed by atoms with Gasteiger partial charge in [-0.15, -0.1) is 4.40 Å². The Labute approximate surface area is 121 Å². The van der Waals surface area contributed by atoms with Gasteiger partial charge >= 0.3 is 0 Å². The summed E-state index contributed by atoms with van der Waals surface area (Å²) in [6.07, 6.45) is 0. The Kier molecular flexibility index (Phi) is 3.15. The topological polar surface area (TPSA) is 79.2 Å². The van der Waals surface area contributed by atoms with Crippen molar-refractivity contribution >= 4 is 21.5 Å². The Morgan fingerprint density at radius 3 is 2.43 bits per heavy atom. The molecule has 1 heterocycles. The fourth-order valence-electron chi connectivity index (χ4n) is 2.08. The number of benzene rings is 2. The minimum atomic E-state index is -3.83. The maximum Gasteiger partial charge on any atom is 0.286 e. The molecule has 0 aromatic heterocycles. The highest BCUT2D eigenvalue weighted by Gasteiger charge is 2.30. The molecule has 0 radical (unpaired) electrons. The number of hydroxylamine groups is 1. The van der Waals surface area contributed by atoms with E-state index in [0.29, 0.717) is 11.3 Å². The summed E-state index contributed by atoms with van der Waals surface area (Å²) in [5, 5.41) is 11.0. The molecule has 6 nitrogen and oxygen atoms in total. The number of ether oxygens (including phenoxy) is 1. The van der Waals surface area contributed by atoms with Gasteiger partial charge in [0.25, 0.3) is 10.0 Å². The van der Waals surface area contributed by atoms with E-state index in [9.17, 15) is 13.6 Å². The molecular weight excluding hydrogens is 292 g/mol. The lowest BCUT2D eigenvalue weighted by molar-refractivity contribution is 0.309. The summed E-state index contributed by atoms with van der Waals surface area (Å²) < 4.78 is 33.1. The molecule has 0 saturated heterocycles. The van der Waals surface area contributed by atoms with Gasteiger partial charge in [0.2, 0.25) is 0 Å². The fraction of sp³-hybridized carbons (Fsp3) is 0.0714. The van der Waals surface area contributed by atoms with Crippen LogP contribution in [0, 0.1) is 0 Å². The van der Waals surface area contributed by atoms with E-state index in [4.69, 9.17) is 4.74 Å². The lowest BCUT2D eigenvalue weighted by atomic mass is 10.2. The van der Waals surface area contributed by atoms with Crippen LogP contribution in [-0.4, -0.2) is 26.6 Å². The van der Waals surface area contributed by atoms with E-state index in [-0.39, 0.29) is 16.4 Å². The third kappa shape index (κ3) is 2.26. The van der Waals surface area contributed by atoms with Gasteiger partial charge in [0.05, 0.1) is 12.8 Å². The smallest absolute Gasteiger partial charge is 0.286 e. The van der Waals surface area contributed by atoms with Gasteiger partial charge in [-0.25, -0.2) is 5.06 Å². The molecule has 0 bridgehead atoms. The fourth-order valence-corrected chi connectivity index (χ4v) is 3.26. The second-order valence-electron chi connectivity index (χ2n) is 4.40. The number of para-hydroxylation sites is 1. The second kappa shape index (κ2) is 4.87. The molecule has 0 spiro atoms. The first-order valence-corrected chi connectivity index (χ1v) is 7.54. The zero-order valence-corrected chi connectivity index (χ0v) is 11.9. The van der Waals surface area contributed by atoms with Crippen LogP contribution in [0.15, 0.2) is 57.8 Å². The van der Waals surface area contributed by atoms with Crippen molar-refractivity contribution in [2.24, 2.45) is 4.40 Å². The van der Waals surface area contributed by atoms with E-state index < -0.39 is 10.0 Å². The van der Waals surface area contributed by atoms with Crippen LogP contribution in [0.5, 0.6) is 5.75 Å². The molecule has 0 atom stereocenters. The molecule has 1 aliphatic rings. The average molecular weight is 304 g/mol. The molecule has 3 rings (SSSR count). The Bertz CT molecular complexity index is 813. The molecule has 0 fully saturated rings. The first-order valence-electron chi connectivity index (χ1n) is 6.10. The van der Waals surface area contributed by atoms with Crippen LogP contribution in [-0.2, 0) is 10.0 Å². The summed E-state index contributed by atoms with van der Waals surface area (Å²) in [6.45, 7) is 0. The van der Waals surface area contributed by atoms with Gasteiger partial charge in [-0.3, -0.25) is 5.21 Å². The average Bonchev–Trinajstić information content (AvgIpc) is 2.51. The van der Waals surface area contributed by atoms with Crippen molar-refractivity contribution in [3.8, 4) is 5.75 Å². The van der Waals surface area contributed by atoms with Crippen molar-refractivity contribution in [3.05, 3.63) is 54.1 Å². The molecule has 0 unspecified atom stereocenters. The lowest BCUT2D eigenvalue weighted by Gasteiger charge is -2.25. The summed E-state index contributed by atoms with van der Waals surface area (Å²) in [4.78, 5) is -0.0234. The Balaban J connectivity index is 2.14. The first-order chi connectivity index (χ1) is 10.0. The predicted molar refractivity (Wildman–Crippen MR) is 77.4 cm³/mol. The normalized spacial score (nSPS) is 16.1. The van der Waals surface area contributed by atoms with E-state index in [1.165, 1.54) is 19.2 Å². The number of rotatable bonds is 2. The van der Waals surface area contributed by atoms with Crippen LogP contribution in [0.3, 0.4) is 0 Å². The van der Waals surface area contributed by atoms with Crippen LogP contribution < -0.4 is 9.80 Å². The van der Waals surface area contributed by atoms with Gasteiger partial charge in [-0.1, -0.05) is 12.1 Å². The van der Waals surface area contributed by atoms with E-state index in [2.05, 4.69) is 4.40 Å². The summed E-state index contributed by atoms with van der Waals surface area (Å²) in [7, 11) is -2.30. The molecule has 1 aliphatic heterocycles. The van der Waals surface area contributed by atoms with Crippen molar-refractivity contribution < 1.29 is 18.4 Å². The third-order valence-corrected chi connectivity index (χ3v) is 4.44. The Hall–Kier alpha value is -2.38. The highest BCUT2D eigenvalue weighted by molar-refractivity contribution is 7.90. The van der Waals surface area contributed by atoms with Crippen molar-refractivity contribution in [1.82, 2.24) is 0 Å². The zero-order valence-electron chi connectivity index (χ0n) is 11.1. The van der Waals surface area contributed by atoms with Crippen molar-refractivity contribution in [2.45, 2.75) is 4.90 Å². The number of hydrogen-bond donors (Lipinski definition) is 1. The highest BCUT2D eigenvalue weighted by Crippen LogP contribution is 2.31. The number of anilines is 1. The van der Waals surface area contributed by atoms with E-state index in [1.54, 1.807) is 36.4 Å². The number of nitrogens with zero attached hydrogens (tertiary/aromatic N) is 2. The summed E-state index contributed by atoms with van der Waals surface area (Å²) in [6, 6.07) is 12.7. The third-order valence-electron chi connectivity index (χ3n) is 3.13. The number of hydrogen-bond acceptors (Lipinski definition) is 5. The van der Waals surface area contributed by atoms with Crippen LogP contribution >= 0.6 is 0 Å². The lowest BCUT2D eigenvalue weighted by Crippen LogP contribution is -2.33. The molecule has 2 aromatic carbocycles. The first kappa shape index (κ1) is 13.6. The molecule has 2 aromatic rings. The standard InChI is InChI=1S/C14H12N2O4S/c1-20-11-8-6-10(7-9-11)14-15-21(18,19)13-5-3-2-4-12(13)16(14)17/h2-9,17H,1H3. The highest BCUT2D eigenvalue weighted by atomic mass is 32.2. The van der Waals surface area contributed by atoms with Gasteiger partial charge in [0.15, 0.2) is 5.84 Å². The maximum atomic E-state index is 12.2. The number of fused-ring (bicyclic) bond motifs is 1. The predicted octanol–water partition coefficient (Wildman–Crippen LogP) is 2.04. The van der Waals surface area contributed by atoms with E-state index in [0.717, 1.165) is 5.06 Å². The summed E-state index contributed by atoms with van der Waals surface area (Å²) in [5.41, 5.74) is 0.648. The SMILES string of the molecule is COc1ccc(C2=NS(=O)(=O)c3ccccc3N2O)cc1. The van der Waals surface area contributed by atoms with Crippen LogP contribution in [0.25, 0.3) is 0 Å². The van der Waals surface area contributed by atoms with Gasteiger partial charge < -0.3 is 4.74 Å². The quantitative estimate of drug-likeness (QED) is 0.918. The van der Waals surface area contributed by atoms with Crippen LogP contribution in [0.2, 0.25) is 0 Å². The largest absolute Gasteiger partial charge is 0.497 e. The van der Waals surface area contributed by atoms with E-state index >= 15 is 0 Å². The van der Waals surface area contributed by atoms with E-state index in [1.807, 2.05) is 0 Å². The maximum absolute atomic E-state index is 12.2. The summed E-state index contributed by atoms with van der Waals surface area (Å²) >= 11 is 0. The van der Waals surface area contributed by atoms with Crippen molar-refractivity contribution in [3.63, 3.8) is 0 Å². The minimum absolute atomic E-state index is 0.0234. The van der Waals surface area contributed by atoms with Gasteiger partial charge in [-0.2, -0.15) is 8.42 Å². The molecule has 0 saturated carbocycles. The summed E-state index contributed by atoms with van der Waals surface area (Å²) in [5.74, 6) is 0.583. The number of methoxy groups -OCH3 is 1. The molecule has 7 heteroatoms. The monoisotopic (exact) mass is 304 g/mol. The molecule has 21 heavy (non-hydrogen) atoms. The molecular formula is C14H12N2O4S. The van der Waals surface area contributed by atoms with Crippen LogP contribution in [0.1, 0.15) is 5.56 Å². The van der Waals surface area contributed by atoms with Gasteiger partial charge in [0, 0.05) is 5.56 Å². The second-order valence-corrected chi connectivity index (χ2v) is 5.97. The van der Waals surface area contributed by atoms with Gasteiger partial charge in [0.1, 0.15) is 10.6 Å². The molecule has 108 valence electrons. The molecule has 0 aliphatic carbocycles. The Morgan fingerprint density at radius 1 is 1.10 bits per heavy atom. The zero-order chi connectivity index (χ0) is 15.0. The Morgan fingerprint density at radius 2 is 1.76 bits per heavy atom. The van der Waals surface area contributed by atoms with Crippen molar-refractivity contribution in [1.29, 1.82) is 0 Å².